The fraction of sp³-hybridized carbons (Fsp3) is 0.900. The molecule has 0 aliphatic carbocycles. The highest BCUT2D eigenvalue weighted by Gasteiger charge is 2.21. The molecular weight excluding hydrogens is 368 g/mol. The van der Waals surface area contributed by atoms with Gasteiger partial charge in [0, 0.05) is 0 Å². The summed E-state index contributed by atoms with van der Waals surface area (Å²) in [4.78, 5) is 23.9. The fourth-order valence-electron chi connectivity index (χ4n) is 2.13. The van der Waals surface area contributed by atoms with Crippen LogP contribution < -0.4 is 0 Å². The van der Waals surface area contributed by atoms with E-state index in [-0.39, 0.29) is 22.4 Å². The number of rotatable bonds is 15. The Bertz CT molecular complexity index is 350. The minimum absolute atomic E-state index is 0.207. The third-order valence-electron chi connectivity index (χ3n) is 3.85. The van der Waals surface area contributed by atoms with Crippen LogP contribution in [0.4, 0.5) is 0 Å². The molecule has 154 valence electrons. The van der Waals surface area contributed by atoms with Crippen LogP contribution in [0.3, 0.4) is 0 Å². The fourth-order valence-corrected chi connectivity index (χ4v) is 4.23. The van der Waals surface area contributed by atoms with E-state index >= 15 is 0 Å². The molecule has 2 unspecified atom stereocenters. The van der Waals surface area contributed by atoms with Crippen molar-refractivity contribution in [3.8, 4) is 0 Å². The molecule has 0 aromatic heterocycles. The maximum atomic E-state index is 11.9. The van der Waals surface area contributed by atoms with Gasteiger partial charge < -0.3 is 9.47 Å². The summed E-state index contributed by atoms with van der Waals surface area (Å²) >= 11 is 0. The summed E-state index contributed by atoms with van der Waals surface area (Å²) in [5, 5.41) is -0.571. The summed E-state index contributed by atoms with van der Waals surface area (Å²) in [5.74, 6) is 0.962. The van der Waals surface area contributed by atoms with Gasteiger partial charge in [-0.05, 0) is 51.4 Å². The van der Waals surface area contributed by atoms with E-state index in [1.54, 1.807) is 0 Å². The molecule has 6 heteroatoms. The van der Waals surface area contributed by atoms with Crippen molar-refractivity contribution < 1.29 is 19.1 Å². The number of carbonyl (C=O) groups excluding carboxylic acids is 2. The van der Waals surface area contributed by atoms with E-state index in [4.69, 9.17) is 9.47 Å². The predicted octanol–water partition coefficient (Wildman–Crippen LogP) is 5.88. The lowest BCUT2D eigenvalue weighted by atomic mass is 10.1. The lowest BCUT2D eigenvalue weighted by molar-refractivity contribution is -0.143. The topological polar surface area (TPSA) is 52.6 Å². The first kappa shape index (κ1) is 25.6. The van der Waals surface area contributed by atoms with Crippen LogP contribution in [0.1, 0.15) is 80.1 Å². The summed E-state index contributed by atoms with van der Waals surface area (Å²) in [6.45, 7) is 13.4. The Balaban J connectivity index is 3.79. The molecule has 0 aromatic rings. The molecule has 0 spiro atoms. The van der Waals surface area contributed by atoms with Crippen LogP contribution >= 0.6 is 21.6 Å². The van der Waals surface area contributed by atoms with Gasteiger partial charge in [0.1, 0.15) is 10.5 Å². The van der Waals surface area contributed by atoms with Crippen LogP contribution in [0.5, 0.6) is 0 Å². The summed E-state index contributed by atoms with van der Waals surface area (Å²) in [5.41, 5.74) is 0. The normalized spacial score (nSPS) is 13.7. The quantitative estimate of drug-likeness (QED) is 0.192. The Kier molecular flexibility index (Phi) is 15.5. The van der Waals surface area contributed by atoms with Crippen LogP contribution in [0.25, 0.3) is 0 Å². The van der Waals surface area contributed by atoms with Crippen molar-refractivity contribution in [3.63, 3.8) is 0 Å². The van der Waals surface area contributed by atoms with Gasteiger partial charge in [-0.1, -0.05) is 62.1 Å². The Labute approximate surface area is 168 Å². The van der Waals surface area contributed by atoms with Gasteiger partial charge >= 0.3 is 11.9 Å². The van der Waals surface area contributed by atoms with Crippen LogP contribution in [0, 0.1) is 11.8 Å². The zero-order chi connectivity index (χ0) is 19.9. The number of carbonyl (C=O) groups is 2. The minimum atomic E-state index is -0.286. The monoisotopic (exact) mass is 406 g/mol. The van der Waals surface area contributed by atoms with Gasteiger partial charge in [0.2, 0.25) is 0 Å². The molecule has 0 saturated carbocycles. The molecule has 2 atom stereocenters. The van der Waals surface area contributed by atoms with Gasteiger partial charge in [-0.25, -0.2) is 0 Å². The first-order chi connectivity index (χ1) is 12.2. The van der Waals surface area contributed by atoms with Crippen LogP contribution in [-0.4, -0.2) is 35.7 Å². The van der Waals surface area contributed by atoms with Crippen LogP contribution in [-0.2, 0) is 19.1 Å². The van der Waals surface area contributed by atoms with E-state index in [0.29, 0.717) is 25.0 Å². The lowest BCUT2D eigenvalue weighted by Crippen LogP contribution is -2.20. The minimum Gasteiger partial charge on any atom is -0.465 e. The molecule has 0 aliphatic rings. The Morgan fingerprint density at radius 3 is 1.31 bits per heavy atom. The molecular formula is C20H38O4S2. The summed E-state index contributed by atoms with van der Waals surface area (Å²) < 4.78 is 10.6. The molecule has 0 rings (SSSR count). The average Bonchev–Trinajstić information content (AvgIpc) is 2.57. The molecule has 0 aliphatic heterocycles. The summed E-state index contributed by atoms with van der Waals surface area (Å²) in [6.07, 6.45) is 6.31. The van der Waals surface area contributed by atoms with Crippen molar-refractivity contribution in [1.82, 2.24) is 0 Å². The Morgan fingerprint density at radius 2 is 1.00 bits per heavy atom. The van der Waals surface area contributed by atoms with Gasteiger partial charge in [-0.2, -0.15) is 0 Å². The van der Waals surface area contributed by atoms with E-state index < -0.39 is 0 Å². The second-order valence-electron chi connectivity index (χ2n) is 7.59. The van der Waals surface area contributed by atoms with Crippen LogP contribution in [0.15, 0.2) is 0 Å². The maximum Gasteiger partial charge on any atom is 0.319 e. The Hall–Kier alpha value is -0.360. The predicted molar refractivity (Wildman–Crippen MR) is 113 cm³/mol. The molecule has 0 radical (unpaired) electrons. The number of hydrogen-bond acceptors (Lipinski definition) is 6. The number of esters is 2. The highest BCUT2D eigenvalue weighted by molar-refractivity contribution is 8.77. The number of hydrogen-bond donors (Lipinski definition) is 0. The first-order valence-electron chi connectivity index (χ1n) is 9.89. The standard InChI is InChI=1S/C20H38O4S2/c1-15(2)11-7-9-13-23-19(21)17(5)25-26-18(6)20(22)24-14-10-8-12-16(3)4/h15-18H,7-14H2,1-6H3. The SMILES string of the molecule is CC(C)CCCCOC(=O)C(C)SSC(C)C(=O)OCCCCC(C)C. The number of unbranched alkanes of at least 4 members (excludes halogenated alkanes) is 2. The van der Waals surface area contributed by atoms with E-state index in [0.717, 1.165) is 38.5 Å². The highest BCUT2D eigenvalue weighted by atomic mass is 33.1. The summed E-state index contributed by atoms with van der Waals surface area (Å²) in [7, 11) is 2.76. The van der Waals surface area contributed by atoms with Gasteiger partial charge in [-0.15, -0.1) is 0 Å². The van der Waals surface area contributed by atoms with E-state index in [1.807, 2.05) is 13.8 Å². The van der Waals surface area contributed by atoms with Gasteiger partial charge in [0.05, 0.1) is 13.2 Å². The second-order valence-corrected chi connectivity index (χ2v) is 10.5. The lowest BCUT2D eigenvalue weighted by Gasteiger charge is -2.14. The third-order valence-corrected chi connectivity index (χ3v) is 6.99. The van der Waals surface area contributed by atoms with Crippen molar-refractivity contribution >= 4 is 33.5 Å². The maximum absolute atomic E-state index is 11.9. The van der Waals surface area contributed by atoms with Crippen molar-refractivity contribution in [1.29, 1.82) is 0 Å². The molecule has 0 N–H and O–H groups in total. The highest BCUT2D eigenvalue weighted by Crippen LogP contribution is 2.32. The first-order valence-corrected chi connectivity index (χ1v) is 12.2. The zero-order valence-corrected chi connectivity index (χ0v) is 19.0. The van der Waals surface area contributed by atoms with Gasteiger partial charge in [-0.3, -0.25) is 9.59 Å². The largest absolute Gasteiger partial charge is 0.465 e. The molecule has 0 saturated heterocycles. The van der Waals surface area contributed by atoms with Crippen LogP contribution in [0.2, 0.25) is 0 Å². The van der Waals surface area contributed by atoms with Crippen molar-refractivity contribution in [2.45, 2.75) is 90.6 Å². The third kappa shape index (κ3) is 14.8. The van der Waals surface area contributed by atoms with E-state index in [9.17, 15) is 9.59 Å². The second kappa shape index (κ2) is 15.7. The van der Waals surface area contributed by atoms with Crippen molar-refractivity contribution in [3.05, 3.63) is 0 Å². The Morgan fingerprint density at radius 1 is 0.654 bits per heavy atom. The molecule has 0 amide bonds. The molecule has 0 bridgehead atoms. The van der Waals surface area contributed by atoms with Gasteiger partial charge in [0.25, 0.3) is 0 Å². The van der Waals surface area contributed by atoms with E-state index in [1.165, 1.54) is 21.6 Å². The summed E-state index contributed by atoms with van der Waals surface area (Å²) in [6, 6.07) is 0. The smallest absolute Gasteiger partial charge is 0.319 e. The van der Waals surface area contributed by atoms with Crippen molar-refractivity contribution in [2.24, 2.45) is 11.8 Å². The van der Waals surface area contributed by atoms with Gasteiger partial charge in [0.15, 0.2) is 0 Å². The molecule has 0 fully saturated rings. The van der Waals surface area contributed by atoms with Crippen molar-refractivity contribution in [2.75, 3.05) is 13.2 Å². The zero-order valence-electron chi connectivity index (χ0n) is 17.4. The van der Waals surface area contributed by atoms with E-state index in [2.05, 4.69) is 27.7 Å². The average molecular weight is 407 g/mol. The molecule has 4 nitrogen and oxygen atoms in total. The molecule has 0 heterocycles. The molecule has 26 heavy (non-hydrogen) atoms. The number of ether oxygens (including phenoxy) is 2. The molecule has 0 aromatic carbocycles.